The zero-order valence-electron chi connectivity index (χ0n) is 10.2. The van der Waals surface area contributed by atoms with Crippen LogP contribution < -0.4 is 11.1 Å². The van der Waals surface area contributed by atoms with Gasteiger partial charge in [-0.15, -0.1) is 12.4 Å². The van der Waals surface area contributed by atoms with Crippen LogP contribution in [-0.2, 0) is 4.79 Å². The van der Waals surface area contributed by atoms with Gasteiger partial charge in [-0.2, -0.15) is 11.8 Å². The predicted molar refractivity (Wildman–Crippen MR) is 75.6 cm³/mol. The molecule has 2 rings (SSSR count). The molecule has 1 aliphatic heterocycles. The molecule has 2 fully saturated rings. The summed E-state index contributed by atoms with van der Waals surface area (Å²) < 4.78 is 0. The molecule has 0 aromatic carbocycles. The molecule has 1 saturated carbocycles. The highest BCUT2D eigenvalue weighted by Crippen LogP contribution is 2.31. The van der Waals surface area contributed by atoms with Gasteiger partial charge in [-0.3, -0.25) is 4.79 Å². The first-order valence-corrected chi connectivity index (χ1v) is 7.45. The summed E-state index contributed by atoms with van der Waals surface area (Å²) in [5.41, 5.74) is 5.70. The van der Waals surface area contributed by atoms with Crippen LogP contribution in [0.15, 0.2) is 0 Å². The molecule has 0 aromatic heterocycles. The van der Waals surface area contributed by atoms with Gasteiger partial charge < -0.3 is 11.1 Å². The Morgan fingerprint density at radius 1 is 1.29 bits per heavy atom. The fourth-order valence-corrected chi connectivity index (χ4v) is 4.02. The normalized spacial score (nSPS) is 32.2. The number of hydrogen-bond acceptors (Lipinski definition) is 3. The van der Waals surface area contributed by atoms with Gasteiger partial charge in [0.2, 0.25) is 5.91 Å². The summed E-state index contributed by atoms with van der Waals surface area (Å²) in [6.07, 6.45) is 5.90. The summed E-state index contributed by atoms with van der Waals surface area (Å²) in [5, 5.41) is 3.77. The molecule has 1 saturated heterocycles. The Hall–Kier alpha value is 0.0700. The van der Waals surface area contributed by atoms with E-state index in [1.165, 1.54) is 18.6 Å². The summed E-state index contributed by atoms with van der Waals surface area (Å²) in [4.78, 5) is 12.0. The second kappa shape index (κ2) is 7.49. The van der Waals surface area contributed by atoms with Gasteiger partial charge in [0.15, 0.2) is 0 Å². The summed E-state index contributed by atoms with van der Waals surface area (Å²) in [7, 11) is 0. The maximum Gasteiger partial charge on any atom is 0.223 e. The Morgan fingerprint density at radius 2 is 2.12 bits per heavy atom. The lowest BCUT2D eigenvalue weighted by Gasteiger charge is -2.18. The molecular formula is C12H23ClN2OS. The maximum atomic E-state index is 12.0. The first-order valence-electron chi connectivity index (χ1n) is 6.40. The third kappa shape index (κ3) is 4.04. The Morgan fingerprint density at radius 3 is 2.76 bits per heavy atom. The highest BCUT2D eigenvalue weighted by molar-refractivity contribution is 8.00. The molecule has 3 N–H and O–H groups in total. The van der Waals surface area contributed by atoms with E-state index >= 15 is 0 Å². The largest absolute Gasteiger partial charge is 0.355 e. The molecule has 17 heavy (non-hydrogen) atoms. The lowest BCUT2D eigenvalue weighted by atomic mass is 9.95. The first kappa shape index (κ1) is 15.1. The number of rotatable bonds is 4. The van der Waals surface area contributed by atoms with Crippen LogP contribution in [0.1, 0.15) is 32.1 Å². The van der Waals surface area contributed by atoms with Gasteiger partial charge in [0, 0.05) is 17.7 Å². The number of nitrogens with one attached hydrogen (secondary N) is 1. The average Bonchev–Trinajstić information content (AvgIpc) is 2.96. The predicted octanol–water partition coefficient (Wildman–Crippen LogP) is 1.79. The average molecular weight is 279 g/mol. The molecule has 0 spiro atoms. The van der Waals surface area contributed by atoms with E-state index in [1.54, 1.807) is 0 Å². The maximum absolute atomic E-state index is 12.0. The molecule has 0 bridgehead atoms. The van der Waals surface area contributed by atoms with Crippen molar-refractivity contribution in [2.75, 3.05) is 18.8 Å². The zero-order chi connectivity index (χ0) is 11.4. The molecule has 100 valence electrons. The molecule has 1 amide bonds. The molecule has 3 nitrogen and oxygen atoms in total. The van der Waals surface area contributed by atoms with Crippen LogP contribution in [-0.4, -0.2) is 30.0 Å². The van der Waals surface area contributed by atoms with E-state index in [2.05, 4.69) is 5.32 Å². The minimum atomic E-state index is 0. The Balaban J connectivity index is 0.00000144. The van der Waals surface area contributed by atoms with Crippen molar-refractivity contribution in [1.82, 2.24) is 5.32 Å². The summed E-state index contributed by atoms with van der Waals surface area (Å²) in [6, 6.07) is 0. The van der Waals surface area contributed by atoms with Crippen molar-refractivity contribution in [3.8, 4) is 0 Å². The van der Waals surface area contributed by atoms with Crippen LogP contribution in [0.4, 0.5) is 0 Å². The van der Waals surface area contributed by atoms with Crippen LogP contribution >= 0.6 is 24.2 Å². The van der Waals surface area contributed by atoms with Crippen molar-refractivity contribution < 1.29 is 4.79 Å². The van der Waals surface area contributed by atoms with Crippen LogP contribution in [0, 0.1) is 11.8 Å². The van der Waals surface area contributed by atoms with E-state index in [9.17, 15) is 4.79 Å². The molecule has 2 aliphatic rings. The summed E-state index contributed by atoms with van der Waals surface area (Å²) in [5.74, 6) is 2.13. The van der Waals surface area contributed by atoms with Crippen molar-refractivity contribution in [2.45, 2.75) is 37.4 Å². The van der Waals surface area contributed by atoms with Gasteiger partial charge in [-0.05, 0) is 43.9 Å². The molecule has 1 aliphatic carbocycles. The number of carbonyl (C=O) groups excluding carboxylic acids is 1. The van der Waals surface area contributed by atoms with Gasteiger partial charge in [-0.1, -0.05) is 6.42 Å². The third-order valence-electron chi connectivity index (χ3n) is 3.83. The zero-order valence-corrected chi connectivity index (χ0v) is 11.8. The fourth-order valence-electron chi connectivity index (χ4n) is 2.81. The van der Waals surface area contributed by atoms with Crippen molar-refractivity contribution in [1.29, 1.82) is 0 Å². The molecule has 1 unspecified atom stereocenters. The molecular weight excluding hydrogens is 256 g/mol. The van der Waals surface area contributed by atoms with E-state index in [-0.39, 0.29) is 24.2 Å². The van der Waals surface area contributed by atoms with Gasteiger partial charge in [0.25, 0.3) is 0 Å². The summed E-state index contributed by atoms with van der Waals surface area (Å²) in [6.45, 7) is 1.52. The Bertz CT molecular complexity index is 247. The van der Waals surface area contributed by atoms with E-state index < -0.39 is 0 Å². The monoisotopic (exact) mass is 278 g/mol. The quantitative estimate of drug-likeness (QED) is 0.824. The van der Waals surface area contributed by atoms with Gasteiger partial charge in [0.1, 0.15) is 0 Å². The summed E-state index contributed by atoms with van der Waals surface area (Å²) >= 11 is 1.99. The molecule has 0 aromatic rings. The number of carbonyl (C=O) groups is 1. The minimum Gasteiger partial charge on any atom is -0.355 e. The fraction of sp³-hybridized carbons (Fsp3) is 0.917. The van der Waals surface area contributed by atoms with Crippen LogP contribution in [0.25, 0.3) is 0 Å². The second-order valence-electron chi connectivity index (χ2n) is 4.91. The topological polar surface area (TPSA) is 55.1 Å². The second-order valence-corrected chi connectivity index (χ2v) is 6.32. The smallest absolute Gasteiger partial charge is 0.223 e. The lowest BCUT2D eigenvalue weighted by Crippen LogP contribution is -2.37. The first-order chi connectivity index (χ1) is 7.81. The number of thioether (sulfide) groups is 1. The van der Waals surface area contributed by atoms with E-state index in [0.29, 0.717) is 17.7 Å². The third-order valence-corrected chi connectivity index (χ3v) is 5.22. The number of nitrogens with two attached hydrogens (primary N) is 1. The molecule has 1 heterocycles. The molecule has 5 heteroatoms. The standard InChI is InChI=1S/C12H22N2OS.ClH/c13-7-9-3-1-5-11(9)12(15)14-8-10-4-2-6-16-10;/h9-11H,1-8,13H2,(H,14,15);1H/t9-,10?,11-;/m1./s1. The van der Waals surface area contributed by atoms with E-state index in [1.807, 2.05) is 11.8 Å². The van der Waals surface area contributed by atoms with Crippen molar-refractivity contribution in [3.05, 3.63) is 0 Å². The Kier molecular flexibility index (Phi) is 6.67. The SMILES string of the molecule is Cl.NC[C@H]1CCC[C@H]1C(=O)NCC1CCCS1. The lowest BCUT2D eigenvalue weighted by molar-refractivity contribution is -0.125. The minimum absolute atomic E-state index is 0. The van der Waals surface area contributed by atoms with Gasteiger partial charge in [0.05, 0.1) is 0 Å². The molecule has 0 radical (unpaired) electrons. The number of halogens is 1. The van der Waals surface area contributed by atoms with Crippen LogP contribution in [0.2, 0.25) is 0 Å². The van der Waals surface area contributed by atoms with Crippen molar-refractivity contribution >= 4 is 30.1 Å². The van der Waals surface area contributed by atoms with Gasteiger partial charge in [-0.25, -0.2) is 0 Å². The number of hydrogen-bond donors (Lipinski definition) is 2. The van der Waals surface area contributed by atoms with Crippen molar-refractivity contribution in [2.24, 2.45) is 17.6 Å². The van der Waals surface area contributed by atoms with Gasteiger partial charge >= 0.3 is 0 Å². The molecule has 3 atom stereocenters. The van der Waals surface area contributed by atoms with Crippen LogP contribution in [0.3, 0.4) is 0 Å². The highest BCUT2D eigenvalue weighted by Gasteiger charge is 2.32. The van der Waals surface area contributed by atoms with E-state index in [0.717, 1.165) is 25.8 Å². The number of amides is 1. The van der Waals surface area contributed by atoms with E-state index in [4.69, 9.17) is 5.73 Å². The Labute approximate surface area is 114 Å². The van der Waals surface area contributed by atoms with Crippen molar-refractivity contribution in [3.63, 3.8) is 0 Å². The van der Waals surface area contributed by atoms with Crippen LogP contribution in [0.5, 0.6) is 0 Å². The highest BCUT2D eigenvalue weighted by atomic mass is 35.5.